The molecule has 2 nitrogen and oxygen atoms in total. The number of hydrogen-bond acceptors (Lipinski definition) is 2. The van der Waals surface area contributed by atoms with Crippen LogP contribution in [0.3, 0.4) is 0 Å². The number of carbonyl (C=O) groups is 1. The van der Waals surface area contributed by atoms with E-state index >= 15 is 0 Å². The van der Waals surface area contributed by atoms with E-state index in [2.05, 4.69) is 20.8 Å². The van der Waals surface area contributed by atoms with Crippen LogP contribution in [0, 0.1) is 0 Å². The fraction of sp³-hybridized carbons (Fsp3) is 0.842. The minimum atomic E-state index is -0.946. The number of esters is 1. The summed E-state index contributed by atoms with van der Waals surface area (Å²) in [4.78, 5) is 12.2. The molecule has 0 heterocycles. The van der Waals surface area contributed by atoms with Crippen molar-refractivity contribution in [1.29, 1.82) is 0 Å². The van der Waals surface area contributed by atoms with Crippen LogP contribution in [0.5, 0.6) is 0 Å². The summed E-state index contributed by atoms with van der Waals surface area (Å²) in [5, 5.41) is 0. The SMILES string of the molecule is C/C=[C](\[Sn][C](CCCC)(CCCC)CCCC)C(=O)OCC. The van der Waals surface area contributed by atoms with Gasteiger partial charge in [0, 0.05) is 0 Å². The van der Waals surface area contributed by atoms with Crippen molar-refractivity contribution >= 4 is 27.1 Å². The van der Waals surface area contributed by atoms with Gasteiger partial charge in [-0.05, 0) is 0 Å². The van der Waals surface area contributed by atoms with E-state index < -0.39 is 21.1 Å². The Bertz CT molecular complexity index is 302. The molecule has 0 aliphatic carbocycles. The first-order valence-corrected chi connectivity index (χ1v) is 12.1. The molecule has 0 aromatic carbocycles. The minimum absolute atomic E-state index is 0.0366. The molecular weight excluding hydrogens is 379 g/mol. The first-order chi connectivity index (χ1) is 10.6. The number of allylic oxidation sites excluding steroid dienone is 1. The van der Waals surface area contributed by atoms with E-state index in [4.69, 9.17) is 4.74 Å². The molecule has 0 saturated heterocycles. The fourth-order valence-corrected chi connectivity index (χ4v) is 7.97. The average Bonchev–Trinajstić information content (AvgIpc) is 2.53. The summed E-state index contributed by atoms with van der Waals surface area (Å²) in [6.45, 7) is 11.2. The molecular formula is C19H36O2Sn. The molecule has 0 aromatic rings. The maximum absolute atomic E-state index is 12.2. The number of ether oxygens (including phenoxy) is 1. The summed E-state index contributed by atoms with van der Waals surface area (Å²) in [6, 6.07) is 0. The summed E-state index contributed by atoms with van der Waals surface area (Å²) < 4.78 is 6.80. The zero-order chi connectivity index (χ0) is 16.8. The van der Waals surface area contributed by atoms with Gasteiger partial charge in [-0.2, -0.15) is 0 Å². The van der Waals surface area contributed by atoms with E-state index in [0.29, 0.717) is 10.0 Å². The third-order valence-corrected chi connectivity index (χ3v) is 10.0. The molecule has 0 amide bonds. The van der Waals surface area contributed by atoms with Crippen LogP contribution < -0.4 is 0 Å². The monoisotopic (exact) mass is 416 g/mol. The summed E-state index contributed by atoms with van der Waals surface area (Å²) in [5.74, 6) is -0.0366. The molecule has 0 spiro atoms. The van der Waals surface area contributed by atoms with Crippen LogP contribution >= 0.6 is 0 Å². The van der Waals surface area contributed by atoms with Crippen molar-refractivity contribution in [2.75, 3.05) is 6.61 Å². The maximum atomic E-state index is 12.2. The first kappa shape index (κ1) is 22.0. The molecule has 0 saturated carbocycles. The summed E-state index contributed by atoms with van der Waals surface area (Å²) in [5.41, 5.74) is 0. The van der Waals surface area contributed by atoms with Gasteiger partial charge in [0.25, 0.3) is 0 Å². The molecule has 0 bridgehead atoms. The molecule has 0 atom stereocenters. The van der Waals surface area contributed by atoms with Gasteiger partial charge >= 0.3 is 149 Å². The van der Waals surface area contributed by atoms with E-state index in [9.17, 15) is 4.79 Å². The number of rotatable bonds is 13. The van der Waals surface area contributed by atoms with E-state index in [1.807, 2.05) is 19.9 Å². The Kier molecular flexibility index (Phi) is 13.5. The Hall–Kier alpha value is 0.00870. The predicted molar refractivity (Wildman–Crippen MR) is 97.4 cm³/mol. The van der Waals surface area contributed by atoms with Crippen LogP contribution in [0.2, 0.25) is 3.43 Å². The third-order valence-electron chi connectivity index (χ3n) is 4.21. The van der Waals surface area contributed by atoms with Crippen LogP contribution in [0.25, 0.3) is 0 Å². The van der Waals surface area contributed by atoms with Gasteiger partial charge in [-0.15, -0.1) is 0 Å². The van der Waals surface area contributed by atoms with E-state index in [1.165, 1.54) is 57.8 Å². The van der Waals surface area contributed by atoms with Gasteiger partial charge in [-0.25, -0.2) is 0 Å². The molecule has 0 aromatic heterocycles. The van der Waals surface area contributed by atoms with E-state index in [1.54, 1.807) is 0 Å². The average molecular weight is 415 g/mol. The summed E-state index contributed by atoms with van der Waals surface area (Å²) >= 11 is -0.946. The molecule has 0 N–H and O–H groups in total. The van der Waals surface area contributed by atoms with Crippen molar-refractivity contribution in [2.45, 2.75) is 95.8 Å². The van der Waals surface area contributed by atoms with Gasteiger partial charge in [0.05, 0.1) is 0 Å². The van der Waals surface area contributed by atoms with Crippen molar-refractivity contribution < 1.29 is 9.53 Å². The summed E-state index contributed by atoms with van der Waals surface area (Å²) in [7, 11) is 0. The van der Waals surface area contributed by atoms with Crippen molar-refractivity contribution in [3.05, 3.63) is 9.67 Å². The molecule has 128 valence electrons. The van der Waals surface area contributed by atoms with Crippen molar-refractivity contribution in [3.63, 3.8) is 0 Å². The summed E-state index contributed by atoms with van der Waals surface area (Å²) in [6.07, 6.45) is 13.6. The molecule has 0 aliphatic heterocycles. The molecule has 0 unspecified atom stereocenters. The van der Waals surface area contributed by atoms with Gasteiger partial charge < -0.3 is 0 Å². The second-order valence-electron chi connectivity index (χ2n) is 6.14. The van der Waals surface area contributed by atoms with Crippen LogP contribution in [-0.2, 0) is 9.53 Å². The van der Waals surface area contributed by atoms with Crippen LogP contribution in [0.15, 0.2) is 9.67 Å². The van der Waals surface area contributed by atoms with Crippen molar-refractivity contribution in [3.8, 4) is 0 Å². The number of hydrogen-bond donors (Lipinski definition) is 0. The second kappa shape index (κ2) is 13.4. The van der Waals surface area contributed by atoms with Gasteiger partial charge in [-0.1, -0.05) is 0 Å². The van der Waals surface area contributed by atoms with Crippen LogP contribution in [0.1, 0.15) is 92.4 Å². The molecule has 3 heteroatoms. The Balaban J connectivity index is 5.15. The predicted octanol–water partition coefficient (Wildman–Crippen LogP) is 5.89. The third kappa shape index (κ3) is 8.59. The zero-order valence-electron chi connectivity index (χ0n) is 15.5. The quantitative estimate of drug-likeness (QED) is 0.213. The fourth-order valence-electron chi connectivity index (χ4n) is 2.84. The molecule has 0 aliphatic rings. The Morgan fingerprint density at radius 2 is 1.41 bits per heavy atom. The van der Waals surface area contributed by atoms with Gasteiger partial charge in [0.2, 0.25) is 0 Å². The Labute approximate surface area is 148 Å². The normalized spacial score (nSPS) is 12.5. The van der Waals surface area contributed by atoms with Gasteiger partial charge in [0.15, 0.2) is 0 Å². The first-order valence-electron chi connectivity index (χ1n) is 9.20. The molecule has 2 radical (unpaired) electrons. The number of unbranched alkanes of at least 4 members (excludes halogenated alkanes) is 3. The van der Waals surface area contributed by atoms with Crippen molar-refractivity contribution in [2.24, 2.45) is 0 Å². The van der Waals surface area contributed by atoms with E-state index in [-0.39, 0.29) is 5.97 Å². The standard InChI is InChI=1S/C13H27.C6H9O2.Sn/c1-4-7-10-13(11-8-5-2)12-9-6-3;1-3-5-6(7)8-4-2;/h4-12H2,1-3H3;3H,4H2,1-2H3;. The topological polar surface area (TPSA) is 26.3 Å². The van der Waals surface area contributed by atoms with Crippen molar-refractivity contribution in [1.82, 2.24) is 0 Å². The molecule has 0 fully saturated rings. The zero-order valence-corrected chi connectivity index (χ0v) is 18.3. The molecule has 22 heavy (non-hydrogen) atoms. The van der Waals surface area contributed by atoms with Crippen LogP contribution in [0.4, 0.5) is 0 Å². The second-order valence-corrected chi connectivity index (χ2v) is 11.4. The van der Waals surface area contributed by atoms with Crippen LogP contribution in [-0.4, -0.2) is 33.7 Å². The van der Waals surface area contributed by atoms with Gasteiger partial charge in [0.1, 0.15) is 0 Å². The molecule has 0 rings (SSSR count). The Morgan fingerprint density at radius 3 is 1.73 bits per heavy atom. The van der Waals surface area contributed by atoms with Gasteiger partial charge in [-0.3, -0.25) is 0 Å². The Morgan fingerprint density at radius 1 is 0.955 bits per heavy atom. The number of carbonyl (C=O) groups excluding carboxylic acids is 1. The van der Waals surface area contributed by atoms with E-state index in [0.717, 1.165) is 3.59 Å².